The molecule has 0 saturated carbocycles. The van der Waals surface area contributed by atoms with E-state index >= 15 is 0 Å². The van der Waals surface area contributed by atoms with Gasteiger partial charge in [0.25, 0.3) is 0 Å². The van der Waals surface area contributed by atoms with E-state index in [1.165, 1.54) is 0 Å². The van der Waals surface area contributed by atoms with Crippen molar-refractivity contribution in [2.24, 2.45) is 5.92 Å². The summed E-state index contributed by atoms with van der Waals surface area (Å²) in [7, 11) is 1.63. The Bertz CT molecular complexity index is 563. The van der Waals surface area contributed by atoms with E-state index in [1.807, 2.05) is 29.2 Å². The summed E-state index contributed by atoms with van der Waals surface area (Å²) < 4.78 is 5.14. The minimum absolute atomic E-state index is 0.0611. The fourth-order valence-electron chi connectivity index (χ4n) is 3.17. The lowest BCUT2D eigenvalue weighted by atomic mass is 10.0. The van der Waals surface area contributed by atoms with E-state index in [1.54, 1.807) is 7.11 Å². The zero-order valence-corrected chi connectivity index (χ0v) is 15.6. The predicted molar refractivity (Wildman–Crippen MR) is 98.5 cm³/mol. The van der Waals surface area contributed by atoms with Crippen molar-refractivity contribution in [1.29, 1.82) is 0 Å². The lowest BCUT2D eigenvalue weighted by molar-refractivity contribution is -0.136. The second-order valence-corrected chi connectivity index (χ2v) is 7.13. The van der Waals surface area contributed by atoms with Crippen LogP contribution in [0.15, 0.2) is 24.3 Å². The highest BCUT2D eigenvalue weighted by Gasteiger charge is 2.28. The molecule has 138 valence electrons. The molecule has 1 aromatic carbocycles. The van der Waals surface area contributed by atoms with Crippen LogP contribution in [0.2, 0.25) is 0 Å². The lowest BCUT2D eigenvalue weighted by Gasteiger charge is -2.25. The first kappa shape index (κ1) is 19.3. The Morgan fingerprint density at radius 2 is 1.80 bits per heavy atom. The lowest BCUT2D eigenvalue weighted by Crippen LogP contribution is -2.48. The monoisotopic (exact) mass is 346 g/mol. The number of amides is 2. The van der Waals surface area contributed by atoms with Gasteiger partial charge in [-0.05, 0) is 49.3 Å². The highest BCUT2D eigenvalue weighted by molar-refractivity contribution is 5.87. The van der Waals surface area contributed by atoms with Crippen molar-refractivity contribution in [1.82, 2.24) is 10.2 Å². The van der Waals surface area contributed by atoms with Crippen molar-refractivity contribution in [2.75, 3.05) is 20.2 Å². The van der Waals surface area contributed by atoms with E-state index in [9.17, 15) is 9.59 Å². The van der Waals surface area contributed by atoms with Gasteiger partial charge in [0.2, 0.25) is 11.8 Å². The molecule has 2 amide bonds. The Hall–Kier alpha value is -2.04. The minimum atomic E-state index is -0.401. The highest BCUT2D eigenvalue weighted by Crippen LogP contribution is 2.15. The molecule has 0 radical (unpaired) electrons. The van der Waals surface area contributed by atoms with Crippen LogP contribution in [0.5, 0.6) is 5.75 Å². The first-order chi connectivity index (χ1) is 12.0. The van der Waals surface area contributed by atoms with Gasteiger partial charge in [-0.25, -0.2) is 0 Å². The number of likely N-dealkylation sites (tertiary alicyclic amines) is 1. The first-order valence-corrected chi connectivity index (χ1v) is 9.20. The van der Waals surface area contributed by atoms with Crippen LogP contribution in [-0.4, -0.2) is 43.0 Å². The fourth-order valence-corrected chi connectivity index (χ4v) is 3.17. The van der Waals surface area contributed by atoms with Gasteiger partial charge in [0.05, 0.1) is 7.11 Å². The SMILES string of the molecule is COc1ccc(CCC(=O)N[C@H](CC(C)C)C(=O)N2CCCC2)cc1. The van der Waals surface area contributed by atoms with Gasteiger partial charge in [-0.3, -0.25) is 9.59 Å². The molecule has 0 bridgehead atoms. The van der Waals surface area contributed by atoms with Crippen molar-refractivity contribution in [2.45, 2.75) is 52.0 Å². The van der Waals surface area contributed by atoms with Crippen molar-refractivity contribution in [3.63, 3.8) is 0 Å². The molecule has 1 aliphatic rings. The van der Waals surface area contributed by atoms with Crippen LogP contribution >= 0.6 is 0 Å². The van der Waals surface area contributed by atoms with Gasteiger partial charge in [-0.15, -0.1) is 0 Å². The highest BCUT2D eigenvalue weighted by atomic mass is 16.5. The number of nitrogens with zero attached hydrogens (tertiary/aromatic N) is 1. The molecule has 0 unspecified atom stereocenters. The van der Waals surface area contributed by atoms with Crippen LogP contribution in [-0.2, 0) is 16.0 Å². The third-order valence-electron chi connectivity index (χ3n) is 4.56. The topological polar surface area (TPSA) is 58.6 Å². The Kier molecular flexibility index (Phi) is 7.29. The summed E-state index contributed by atoms with van der Waals surface area (Å²) in [4.78, 5) is 26.9. The average Bonchev–Trinajstić information content (AvgIpc) is 3.13. The fraction of sp³-hybridized carbons (Fsp3) is 0.600. The van der Waals surface area contributed by atoms with E-state index in [-0.39, 0.29) is 11.8 Å². The number of rotatable bonds is 8. The summed E-state index contributed by atoms with van der Waals surface area (Å²) in [6, 6.07) is 7.32. The molecule has 1 heterocycles. The number of nitrogens with one attached hydrogen (secondary N) is 1. The number of methoxy groups -OCH3 is 1. The van der Waals surface area contributed by atoms with Crippen molar-refractivity contribution >= 4 is 11.8 Å². The number of hydrogen-bond donors (Lipinski definition) is 1. The van der Waals surface area contributed by atoms with Crippen molar-refractivity contribution in [3.05, 3.63) is 29.8 Å². The number of carbonyl (C=O) groups is 2. The molecule has 2 rings (SSSR count). The quantitative estimate of drug-likeness (QED) is 0.787. The van der Waals surface area contributed by atoms with Crippen LogP contribution < -0.4 is 10.1 Å². The maximum absolute atomic E-state index is 12.7. The molecule has 1 atom stereocenters. The smallest absolute Gasteiger partial charge is 0.245 e. The molecule has 0 aliphatic carbocycles. The number of aryl methyl sites for hydroxylation is 1. The average molecular weight is 346 g/mol. The van der Waals surface area contributed by atoms with Gasteiger partial charge in [0.1, 0.15) is 11.8 Å². The van der Waals surface area contributed by atoms with Crippen LogP contribution in [0.25, 0.3) is 0 Å². The van der Waals surface area contributed by atoms with Crippen LogP contribution in [0, 0.1) is 5.92 Å². The van der Waals surface area contributed by atoms with E-state index in [4.69, 9.17) is 4.74 Å². The summed E-state index contributed by atoms with van der Waals surface area (Å²) >= 11 is 0. The normalized spacial score (nSPS) is 15.3. The molecule has 0 spiro atoms. The Labute approximate surface area is 150 Å². The first-order valence-electron chi connectivity index (χ1n) is 9.20. The standard InChI is InChI=1S/C20H30N2O3/c1-15(2)14-18(20(24)22-12-4-5-13-22)21-19(23)11-8-16-6-9-17(25-3)10-7-16/h6-7,9-10,15,18H,4-5,8,11-14H2,1-3H3,(H,21,23)/t18-/m1/s1. The molecular weight excluding hydrogens is 316 g/mol. The molecule has 5 nitrogen and oxygen atoms in total. The number of ether oxygens (including phenoxy) is 1. The molecule has 1 fully saturated rings. The van der Waals surface area contributed by atoms with Crippen LogP contribution in [0.4, 0.5) is 0 Å². The Balaban J connectivity index is 1.87. The van der Waals surface area contributed by atoms with Gasteiger partial charge in [-0.2, -0.15) is 0 Å². The molecule has 0 aromatic heterocycles. The third kappa shape index (κ3) is 6.07. The molecule has 1 N–H and O–H groups in total. The Morgan fingerprint density at radius 3 is 2.36 bits per heavy atom. The Morgan fingerprint density at radius 1 is 1.16 bits per heavy atom. The molecule has 1 aromatic rings. The van der Waals surface area contributed by atoms with Crippen molar-refractivity contribution in [3.8, 4) is 5.75 Å². The third-order valence-corrected chi connectivity index (χ3v) is 4.56. The second-order valence-electron chi connectivity index (χ2n) is 7.13. The van der Waals surface area contributed by atoms with Gasteiger partial charge in [0, 0.05) is 19.5 Å². The summed E-state index contributed by atoms with van der Waals surface area (Å²) in [5.41, 5.74) is 1.09. The summed E-state index contributed by atoms with van der Waals surface area (Å²) in [6.45, 7) is 5.78. The molecule has 5 heteroatoms. The number of hydrogen-bond acceptors (Lipinski definition) is 3. The van der Waals surface area contributed by atoms with Crippen LogP contribution in [0.3, 0.4) is 0 Å². The zero-order chi connectivity index (χ0) is 18.2. The molecule has 1 saturated heterocycles. The van der Waals surface area contributed by atoms with Gasteiger partial charge in [-0.1, -0.05) is 26.0 Å². The molecular formula is C20H30N2O3. The summed E-state index contributed by atoms with van der Waals surface area (Å²) in [6.07, 6.45) is 3.84. The number of carbonyl (C=O) groups excluding carboxylic acids is 2. The molecule has 25 heavy (non-hydrogen) atoms. The van der Waals surface area contributed by atoms with E-state index < -0.39 is 6.04 Å². The zero-order valence-electron chi connectivity index (χ0n) is 15.6. The van der Waals surface area contributed by atoms with Crippen molar-refractivity contribution < 1.29 is 14.3 Å². The predicted octanol–water partition coefficient (Wildman–Crippen LogP) is 2.78. The largest absolute Gasteiger partial charge is 0.497 e. The van der Waals surface area contributed by atoms with E-state index in [0.717, 1.165) is 37.2 Å². The summed E-state index contributed by atoms with van der Waals surface area (Å²) in [5.74, 6) is 1.18. The minimum Gasteiger partial charge on any atom is -0.497 e. The molecule has 1 aliphatic heterocycles. The van der Waals surface area contributed by atoms with E-state index in [2.05, 4.69) is 19.2 Å². The number of benzene rings is 1. The van der Waals surface area contributed by atoms with Gasteiger partial charge >= 0.3 is 0 Å². The van der Waals surface area contributed by atoms with E-state index in [0.29, 0.717) is 25.2 Å². The second kappa shape index (κ2) is 9.44. The maximum Gasteiger partial charge on any atom is 0.245 e. The van der Waals surface area contributed by atoms with Crippen LogP contribution in [0.1, 0.15) is 45.1 Å². The van der Waals surface area contributed by atoms with Gasteiger partial charge in [0.15, 0.2) is 0 Å². The maximum atomic E-state index is 12.7. The summed E-state index contributed by atoms with van der Waals surface area (Å²) in [5, 5.41) is 2.96. The van der Waals surface area contributed by atoms with Gasteiger partial charge < -0.3 is 15.0 Å².